The van der Waals surface area contributed by atoms with E-state index < -0.39 is 6.10 Å². The van der Waals surface area contributed by atoms with E-state index in [1.165, 1.54) is 0 Å². The highest BCUT2D eigenvalue weighted by Crippen LogP contribution is 2.19. The number of piperidine rings is 1. The number of rotatable bonds is 5. The SMILES string of the molecule is CC1CCN(C(=O)CCN2CCCn3nc([C@H](O)CO)cc3C2)CC1. The van der Waals surface area contributed by atoms with Gasteiger partial charge >= 0.3 is 0 Å². The number of aromatic nitrogens is 2. The number of amides is 1. The Bertz CT molecular complexity index is 581. The summed E-state index contributed by atoms with van der Waals surface area (Å²) < 4.78 is 1.92. The van der Waals surface area contributed by atoms with E-state index >= 15 is 0 Å². The third-order valence-corrected chi connectivity index (χ3v) is 5.40. The monoisotopic (exact) mass is 350 g/mol. The first-order valence-corrected chi connectivity index (χ1v) is 9.42. The van der Waals surface area contributed by atoms with Gasteiger partial charge in [-0.05, 0) is 31.2 Å². The van der Waals surface area contributed by atoms with Crippen LogP contribution in [0.15, 0.2) is 6.07 Å². The summed E-state index contributed by atoms with van der Waals surface area (Å²) in [7, 11) is 0. The molecule has 0 unspecified atom stereocenters. The molecule has 0 aliphatic carbocycles. The van der Waals surface area contributed by atoms with Gasteiger partial charge in [-0.25, -0.2) is 0 Å². The van der Waals surface area contributed by atoms with Gasteiger partial charge < -0.3 is 15.1 Å². The topological polar surface area (TPSA) is 81.8 Å². The Kier molecular flexibility index (Phi) is 6.09. The van der Waals surface area contributed by atoms with Gasteiger partial charge in [-0.2, -0.15) is 5.10 Å². The number of aliphatic hydroxyl groups is 2. The lowest BCUT2D eigenvalue weighted by Gasteiger charge is -2.31. The predicted molar refractivity (Wildman–Crippen MR) is 93.8 cm³/mol. The second-order valence-electron chi connectivity index (χ2n) is 7.43. The summed E-state index contributed by atoms with van der Waals surface area (Å²) in [5, 5.41) is 23.3. The number of hydrogen-bond donors (Lipinski definition) is 2. The van der Waals surface area contributed by atoms with E-state index in [-0.39, 0.29) is 12.5 Å². The molecule has 25 heavy (non-hydrogen) atoms. The van der Waals surface area contributed by atoms with Gasteiger partial charge in [0.05, 0.1) is 18.0 Å². The lowest BCUT2D eigenvalue weighted by molar-refractivity contribution is -0.132. The fourth-order valence-corrected chi connectivity index (χ4v) is 3.67. The zero-order valence-corrected chi connectivity index (χ0v) is 15.1. The molecule has 1 saturated heterocycles. The molecule has 7 nitrogen and oxygen atoms in total. The highest BCUT2D eigenvalue weighted by Gasteiger charge is 2.23. The summed E-state index contributed by atoms with van der Waals surface area (Å²) in [6.07, 6.45) is 2.85. The van der Waals surface area contributed by atoms with Crippen molar-refractivity contribution in [2.45, 2.75) is 51.8 Å². The van der Waals surface area contributed by atoms with Gasteiger partial charge in [0.2, 0.25) is 5.91 Å². The highest BCUT2D eigenvalue weighted by molar-refractivity contribution is 5.76. The van der Waals surface area contributed by atoms with Crippen LogP contribution in [-0.2, 0) is 17.9 Å². The quantitative estimate of drug-likeness (QED) is 0.819. The summed E-state index contributed by atoms with van der Waals surface area (Å²) >= 11 is 0. The average molecular weight is 350 g/mol. The fraction of sp³-hybridized carbons (Fsp3) is 0.778. The summed E-state index contributed by atoms with van der Waals surface area (Å²) in [6, 6.07) is 1.87. The molecule has 2 aliphatic heterocycles. The molecule has 1 fully saturated rings. The van der Waals surface area contributed by atoms with E-state index in [0.717, 1.165) is 70.1 Å². The molecule has 140 valence electrons. The summed E-state index contributed by atoms with van der Waals surface area (Å²) in [5.41, 5.74) is 1.57. The molecule has 1 amide bonds. The molecule has 0 aromatic carbocycles. The molecule has 0 spiro atoms. The zero-order chi connectivity index (χ0) is 17.8. The molecule has 1 aromatic heterocycles. The van der Waals surface area contributed by atoms with Crippen molar-refractivity contribution in [2.24, 2.45) is 5.92 Å². The lowest BCUT2D eigenvalue weighted by atomic mass is 9.99. The molecule has 2 aliphatic rings. The van der Waals surface area contributed by atoms with Crippen molar-refractivity contribution in [3.63, 3.8) is 0 Å². The number of nitrogens with zero attached hydrogens (tertiary/aromatic N) is 4. The van der Waals surface area contributed by atoms with Crippen LogP contribution in [0.1, 0.15) is 50.1 Å². The summed E-state index contributed by atoms with van der Waals surface area (Å²) in [6.45, 7) is 6.98. The van der Waals surface area contributed by atoms with Crippen LogP contribution < -0.4 is 0 Å². The Morgan fingerprint density at radius 3 is 2.80 bits per heavy atom. The average Bonchev–Trinajstić information content (AvgIpc) is 2.92. The Balaban J connectivity index is 1.53. The molecule has 1 atom stereocenters. The van der Waals surface area contributed by atoms with Crippen LogP contribution in [0.2, 0.25) is 0 Å². The van der Waals surface area contributed by atoms with E-state index in [9.17, 15) is 9.90 Å². The van der Waals surface area contributed by atoms with E-state index in [2.05, 4.69) is 16.9 Å². The van der Waals surface area contributed by atoms with Gasteiger partial charge in [-0.1, -0.05) is 6.92 Å². The van der Waals surface area contributed by atoms with Crippen molar-refractivity contribution in [3.8, 4) is 0 Å². The number of hydrogen-bond acceptors (Lipinski definition) is 5. The van der Waals surface area contributed by atoms with E-state index in [1.54, 1.807) is 0 Å². The first-order valence-electron chi connectivity index (χ1n) is 9.42. The van der Waals surface area contributed by atoms with Crippen LogP contribution >= 0.6 is 0 Å². The molecular formula is C18H30N4O3. The fourth-order valence-electron chi connectivity index (χ4n) is 3.67. The molecular weight excluding hydrogens is 320 g/mol. The highest BCUT2D eigenvalue weighted by atomic mass is 16.3. The first kappa shape index (κ1) is 18.4. The van der Waals surface area contributed by atoms with Gasteiger partial charge in [0.1, 0.15) is 6.10 Å². The van der Waals surface area contributed by atoms with Crippen LogP contribution in [-0.4, -0.2) is 68.5 Å². The lowest BCUT2D eigenvalue weighted by Crippen LogP contribution is -2.39. The molecule has 0 radical (unpaired) electrons. The second kappa shape index (κ2) is 8.29. The minimum Gasteiger partial charge on any atom is -0.393 e. The third kappa shape index (κ3) is 4.59. The van der Waals surface area contributed by atoms with Crippen molar-refractivity contribution in [2.75, 3.05) is 32.8 Å². The van der Waals surface area contributed by atoms with Gasteiger partial charge in [0.25, 0.3) is 0 Å². The van der Waals surface area contributed by atoms with Crippen LogP contribution in [0.5, 0.6) is 0 Å². The second-order valence-corrected chi connectivity index (χ2v) is 7.43. The molecule has 3 heterocycles. The van der Waals surface area contributed by atoms with E-state index in [4.69, 9.17) is 5.11 Å². The minimum absolute atomic E-state index is 0.265. The normalized spacial score (nSPS) is 21.0. The predicted octanol–water partition coefficient (Wildman–Crippen LogP) is 0.763. The smallest absolute Gasteiger partial charge is 0.223 e. The largest absolute Gasteiger partial charge is 0.393 e. The minimum atomic E-state index is -0.920. The molecule has 7 heteroatoms. The van der Waals surface area contributed by atoms with Gasteiger partial charge in [-0.3, -0.25) is 14.4 Å². The van der Waals surface area contributed by atoms with E-state index in [1.807, 2.05) is 15.6 Å². The Morgan fingerprint density at radius 1 is 1.32 bits per heavy atom. The van der Waals surface area contributed by atoms with Crippen LogP contribution in [0.25, 0.3) is 0 Å². The van der Waals surface area contributed by atoms with Crippen molar-refractivity contribution in [1.29, 1.82) is 0 Å². The van der Waals surface area contributed by atoms with Crippen molar-refractivity contribution in [1.82, 2.24) is 19.6 Å². The van der Waals surface area contributed by atoms with Gasteiger partial charge in [0, 0.05) is 45.7 Å². The Hall–Kier alpha value is -1.44. The summed E-state index contributed by atoms with van der Waals surface area (Å²) in [4.78, 5) is 16.7. The number of likely N-dealkylation sites (tertiary alicyclic amines) is 1. The number of carbonyl (C=O) groups is 1. The molecule has 1 aromatic rings. The Labute approximate surface area is 149 Å². The van der Waals surface area contributed by atoms with Crippen molar-refractivity contribution >= 4 is 5.91 Å². The van der Waals surface area contributed by atoms with Crippen molar-refractivity contribution in [3.05, 3.63) is 17.5 Å². The molecule has 2 N–H and O–H groups in total. The number of aliphatic hydroxyl groups excluding tert-OH is 2. The van der Waals surface area contributed by atoms with Crippen LogP contribution in [0.3, 0.4) is 0 Å². The molecule has 0 bridgehead atoms. The molecule has 0 saturated carbocycles. The number of fused-ring (bicyclic) bond motifs is 1. The van der Waals surface area contributed by atoms with Crippen LogP contribution in [0.4, 0.5) is 0 Å². The van der Waals surface area contributed by atoms with Crippen LogP contribution in [0, 0.1) is 5.92 Å². The maximum Gasteiger partial charge on any atom is 0.223 e. The standard InChI is InChI=1S/C18H30N4O3/c1-14-3-9-21(10-4-14)18(25)5-8-20-6-2-7-22-15(12-20)11-16(19-22)17(24)13-23/h11,14,17,23-24H,2-10,12-13H2,1H3/t17-/m1/s1. The molecule has 3 rings (SSSR count). The first-order chi connectivity index (χ1) is 12.1. The van der Waals surface area contributed by atoms with E-state index in [0.29, 0.717) is 12.1 Å². The summed E-state index contributed by atoms with van der Waals surface area (Å²) in [5.74, 6) is 0.999. The van der Waals surface area contributed by atoms with Crippen molar-refractivity contribution < 1.29 is 15.0 Å². The Morgan fingerprint density at radius 2 is 2.08 bits per heavy atom. The zero-order valence-electron chi connectivity index (χ0n) is 15.1. The third-order valence-electron chi connectivity index (χ3n) is 5.40. The number of carbonyl (C=O) groups excluding carboxylic acids is 1. The number of aryl methyl sites for hydroxylation is 1. The maximum atomic E-state index is 12.4. The maximum absolute atomic E-state index is 12.4. The van der Waals surface area contributed by atoms with Gasteiger partial charge in [0.15, 0.2) is 0 Å². The van der Waals surface area contributed by atoms with Gasteiger partial charge in [-0.15, -0.1) is 0 Å².